The van der Waals surface area contributed by atoms with Gasteiger partial charge in [-0.2, -0.15) is 0 Å². The molecule has 8 nitrogen and oxygen atoms in total. The number of carbonyl (C=O) groups excluding carboxylic acids is 3. The van der Waals surface area contributed by atoms with Gasteiger partial charge < -0.3 is 20.1 Å². The van der Waals surface area contributed by atoms with Crippen molar-refractivity contribution in [3.63, 3.8) is 0 Å². The van der Waals surface area contributed by atoms with E-state index in [0.717, 1.165) is 0 Å². The molecule has 1 aromatic carbocycles. The van der Waals surface area contributed by atoms with E-state index in [9.17, 15) is 19.2 Å². The maximum Gasteiger partial charge on any atom is 0.322 e. The molecule has 0 atom stereocenters. The number of hydrogen-bond acceptors (Lipinski definition) is 5. The lowest BCUT2D eigenvalue weighted by molar-refractivity contribution is -0.135. The Morgan fingerprint density at radius 2 is 1.80 bits per heavy atom. The Hall–Kier alpha value is -0.550. The fourth-order valence-corrected chi connectivity index (χ4v) is 6.49. The molecule has 2 N–H and O–H groups in total. The molecule has 0 fully saturated rings. The van der Waals surface area contributed by atoms with Crippen LogP contribution in [0.25, 0.3) is 0 Å². The van der Waals surface area contributed by atoms with Crippen LogP contribution < -0.4 is 10.2 Å². The Kier molecular flexibility index (Phi) is 8.96. The van der Waals surface area contributed by atoms with Crippen molar-refractivity contribution in [2.24, 2.45) is 0 Å². The summed E-state index contributed by atoms with van der Waals surface area (Å²) in [6.07, 6.45) is 0.603. The van der Waals surface area contributed by atoms with Gasteiger partial charge in [0.1, 0.15) is 13.2 Å². The molecule has 0 unspecified atom stereocenters. The van der Waals surface area contributed by atoms with Crippen LogP contribution in [0.2, 0.25) is 0 Å². The molecule has 1 aromatic rings. The SMILES string of the molecule is COCC(=O)N(C)c1c(I)c(C=O)c(I)c(C(=O)NCC(=O)O)c1I. The Balaban J connectivity index is 3.56. The highest BCUT2D eigenvalue weighted by molar-refractivity contribution is 14.1. The zero-order chi connectivity index (χ0) is 19.3. The molecule has 136 valence electrons. The van der Waals surface area contributed by atoms with Gasteiger partial charge >= 0.3 is 5.97 Å². The number of aliphatic carboxylic acids is 1. The van der Waals surface area contributed by atoms with Crippen LogP contribution in [0.15, 0.2) is 0 Å². The second kappa shape index (κ2) is 9.96. The average molecular weight is 686 g/mol. The minimum absolute atomic E-state index is 0.150. The predicted molar refractivity (Wildman–Crippen MR) is 115 cm³/mol. The van der Waals surface area contributed by atoms with E-state index in [4.69, 9.17) is 9.84 Å². The van der Waals surface area contributed by atoms with Crippen molar-refractivity contribution < 1.29 is 29.0 Å². The van der Waals surface area contributed by atoms with Gasteiger partial charge in [0.15, 0.2) is 6.29 Å². The van der Waals surface area contributed by atoms with Crippen LogP contribution in [0, 0.1) is 10.7 Å². The summed E-state index contributed by atoms with van der Waals surface area (Å²) in [5, 5.41) is 11.0. The first-order valence-corrected chi connectivity index (χ1v) is 9.82. The van der Waals surface area contributed by atoms with Gasteiger partial charge in [-0.1, -0.05) is 0 Å². The first kappa shape index (κ1) is 22.5. The molecule has 1 rings (SSSR count). The Bertz CT molecular complexity index is 738. The minimum Gasteiger partial charge on any atom is -0.480 e. The number of carbonyl (C=O) groups is 4. The highest BCUT2D eigenvalue weighted by atomic mass is 127. The third kappa shape index (κ3) is 5.22. The monoisotopic (exact) mass is 686 g/mol. The number of rotatable bonds is 7. The highest BCUT2D eigenvalue weighted by Crippen LogP contribution is 2.36. The Morgan fingerprint density at radius 1 is 1.20 bits per heavy atom. The molecular formula is C14H13I3N2O6. The lowest BCUT2D eigenvalue weighted by Gasteiger charge is -2.24. The van der Waals surface area contributed by atoms with Crippen molar-refractivity contribution >= 4 is 97.5 Å². The first-order valence-electron chi connectivity index (χ1n) is 6.58. The normalized spacial score (nSPS) is 10.3. The van der Waals surface area contributed by atoms with Crippen molar-refractivity contribution in [3.05, 3.63) is 21.8 Å². The van der Waals surface area contributed by atoms with Crippen LogP contribution in [-0.4, -0.2) is 56.5 Å². The van der Waals surface area contributed by atoms with E-state index in [1.54, 1.807) is 0 Å². The number of carboxylic acids is 1. The number of hydrogen-bond donors (Lipinski definition) is 2. The van der Waals surface area contributed by atoms with Crippen LogP contribution in [-0.2, 0) is 14.3 Å². The van der Waals surface area contributed by atoms with Crippen molar-refractivity contribution in [2.45, 2.75) is 0 Å². The molecule has 0 saturated carbocycles. The third-order valence-corrected chi connectivity index (χ3v) is 6.31. The Labute approximate surface area is 184 Å². The van der Waals surface area contributed by atoms with Gasteiger partial charge in [0.25, 0.3) is 11.8 Å². The number of halogens is 3. The quantitative estimate of drug-likeness (QED) is 0.334. The van der Waals surface area contributed by atoms with Crippen LogP contribution in [0.3, 0.4) is 0 Å². The zero-order valence-electron chi connectivity index (χ0n) is 13.1. The smallest absolute Gasteiger partial charge is 0.322 e. The molecule has 0 saturated heterocycles. The second-order valence-electron chi connectivity index (χ2n) is 4.66. The summed E-state index contributed by atoms with van der Waals surface area (Å²) in [5.74, 6) is -2.18. The number of anilines is 1. The number of amides is 2. The number of carboxylic acid groups (broad SMARTS) is 1. The van der Waals surface area contributed by atoms with Crippen LogP contribution in [0.4, 0.5) is 5.69 Å². The number of nitrogens with zero attached hydrogens (tertiary/aromatic N) is 1. The molecule has 0 aromatic heterocycles. The molecular weight excluding hydrogens is 673 g/mol. The van der Waals surface area contributed by atoms with E-state index in [0.29, 0.717) is 22.7 Å². The lowest BCUT2D eigenvalue weighted by atomic mass is 10.1. The van der Waals surface area contributed by atoms with Gasteiger partial charge in [-0.05, 0) is 67.8 Å². The number of likely N-dealkylation sites (N-methyl/N-ethyl adjacent to an activating group) is 1. The minimum atomic E-state index is -1.19. The molecule has 0 heterocycles. The highest BCUT2D eigenvalue weighted by Gasteiger charge is 2.28. The van der Waals surface area contributed by atoms with Gasteiger partial charge in [-0.15, -0.1) is 0 Å². The molecule has 0 aliphatic carbocycles. The van der Waals surface area contributed by atoms with E-state index in [2.05, 4.69) is 5.32 Å². The first-order chi connectivity index (χ1) is 11.7. The van der Waals surface area contributed by atoms with Crippen molar-refractivity contribution in [3.8, 4) is 0 Å². The summed E-state index contributed by atoms with van der Waals surface area (Å²) in [6, 6.07) is 0. The van der Waals surface area contributed by atoms with E-state index in [1.807, 2.05) is 67.8 Å². The summed E-state index contributed by atoms with van der Waals surface area (Å²) in [7, 11) is 2.90. The zero-order valence-corrected chi connectivity index (χ0v) is 19.5. The largest absolute Gasteiger partial charge is 0.480 e. The van der Waals surface area contributed by atoms with Gasteiger partial charge in [0.05, 0.1) is 14.8 Å². The predicted octanol–water partition coefficient (Wildman–Crippen LogP) is 1.74. The van der Waals surface area contributed by atoms with E-state index >= 15 is 0 Å². The maximum absolute atomic E-state index is 12.4. The molecule has 0 radical (unpaired) electrons. The van der Waals surface area contributed by atoms with Crippen molar-refractivity contribution in [2.75, 3.05) is 32.2 Å². The Morgan fingerprint density at radius 3 is 2.28 bits per heavy atom. The molecule has 0 aliphatic heterocycles. The molecule has 11 heteroatoms. The summed E-state index contributed by atoms with van der Waals surface area (Å²) in [6.45, 7) is -0.715. The fourth-order valence-electron chi connectivity index (χ4n) is 1.86. The van der Waals surface area contributed by atoms with Gasteiger partial charge in [0, 0.05) is 26.9 Å². The van der Waals surface area contributed by atoms with Gasteiger partial charge in [0.2, 0.25) is 0 Å². The van der Waals surface area contributed by atoms with Crippen LogP contribution >= 0.6 is 67.8 Å². The van der Waals surface area contributed by atoms with E-state index in [-0.39, 0.29) is 23.6 Å². The summed E-state index contributed by atoms with van der Waals surface area (Å²) < 4.78 is 6.18. The number of methoxy groups -OCH3 is 1. The number of aldehydes is 1. The van der Waals surface area contributed by atoms with Crippen molar-refractivity contribution in [1.29, 1.82) is 0 Å². The average Bonchev–Trinajstić information content (AvgIpc) is 2.53. The topological polar surface area (TPSA) is 113 Å². The number of nitrogens with one attached hydrogen (secondary N) is 1. The van der Waals surface area contributed by atoms with Crippen LogP contribution in [0.1, 0.15) is 20.7 Å². The molecule has 0 bridgehead atoms. The second-order valence-corrected chi connectivity index (χ2v) is 7.90. The van der Waals surface area contributed by atoms with Gasteiger partial charge in [-0.25, -0.2) is 0 Å². The number of benzene rings is 1. The molecule has 2 amide bonds. The number of ether oxygens (including phenoxy) is 1. The summed E-state index contributed by atoms with van der Waals surface area (Å²) >= 11 is 5.71. The standard InChI is InChI=1S/C14H13I3N2O6/c1-19(7(21)5-25-2)13-11(16)6(4-20)10(15)9(12(13)17)14(24)18-3-8(22)23/h4H,3,5H2,1-2H3,(H,18,24)(H,22,23). The fraction of sp³-hybridized carbons (Fsp3) is 0.286. The summed E-state index contributed by atoms with van der Waals surface area (Å²) in [4.78, 5) is 48.1. The lowest BCUT2D eigenvalue weighted by Crippen LogP contribution is -2.34. The molecule has 0 aliphatic rings. The summed E-state index contributed by atoms with van der Waals surface area (Å²) in [5.41, 5.74) is 0.803. The van der Waals surface area contributed by atoms with E-state index < -0.39 is 18.4 Å². The maximum atomic E-state index is 12.4. The van der Waals surface area contributed by atoms with Gasteiger partial charge in [-0.3, -0.25) is 19.2 Å². The van der Waals surface area contributed by atoms with E-state index in [1.165, 1.54) is 19.1 Å². The third-order valence-electron chi connectivity index (χ3n) is 3.05. The molecule has 25 heavy (non-hydrogen) atoms. The van der Waals surface area contributed by atoms with Crippen molar-refractivity contribution in [1.82, 2.24) is 5.32 Å². The molecule has 0 spiro atoms. The van der Waals surface area contributed by atoms with Crippen LogP contribution in [0.5, 0.6) is 0 Å².